The van der Waals surface area contributed by atoms with Crippen LogP contribution in [-0.4, -0.2) is 28.3 Å². The second-order valence-corrected chi connectivity index (χ2v) is 2.11. The van der Waals surface area contributed by atoms with Gasteiger partial charge in [-0.1, -0.05) is 6.08 Å². The zero-order valence-electron chi connectivity index (χ0n) is 5.58. The van der Waals surface area contributed by atoms with Crippen LogP contribution in [0.25, 0.3) is 0 Å². The lowest BCUT2D eigenvalue weighted by atomic mass is 9.98. The Labute approximate surface area is 59.0 Å². The van der Waals surface area contributed by atoms with E-state index in [4.69, 9.17) is 15.9 Å². The molecule has 4 heteroatoms. The van der Waals surface area contributed by atoms with Gasteiger partial charge in [0.25, 0.3) is 0 Å². The highest BCUT2D eigenvalue weighted by atomic mass is 16.4. The molecule has 10 heavy (non-hydrogen) atoms. The van der Waals surface area contributed by atoms with E-state index in [2.05, 4.69) is 6.58 Å². The maximum Gasteiger partial charge on any atom is 0.326 e. The number of aliphatic hydroxyl groups is 1. The van der Waals surface area contributed by atoms with Gasteiger partial charge in [0.05, 0.1) is 6.61 Å². The molecule has 0 aliphatic heterocycles. The molecule has 0 aliphatic carbocycles. The number of carbonyl (C=O) groups is 1. The fourth-order valence-corrected chi connectivity index (χ4v) is 0.477. The largest absolute Gasteiger partial charge is 0.480 e. The molecule has 58 valence electrons. The fourth-order valence-electron chi connectivity index (χ4n) is 0.477. The van der Waals surface area contributed by atoms with Crippen molar-refractivity contribution < 1.29 is 15.0 Å². The van der Waals surface area contributed by atoms with Gasteiger partial charge in [0.1, 0.15) is 5.54 Å². The first-order valence-electron chi connectivity index (χ1n) is 2.81. The maximum absolute atomic E-state index is 10.3. The van der Waals surface area contributed by atoms with Crippen LogP contribution in [0.4, 0.5) is 0 Å². The lowest BCUT2D eigenvalue weighted by molar-refractivity contribution is -0.144. The normalized spacial score (nSPS) is 15.8. The Bertz CT molecular complexity index is 146. The van der Waals surface area contributed by atoms with Crippen LogP contribution in [0.3, 0.4) is 0 Å². The minimum Gasteiger partial charge on any atom is -0.480 e. The van der Waals surface area contributed by atoms with E-state index in [0.717, 1.165) is 0 Å². The van der Waals surface area contributed by atoms with Gasteiger partial charge < -0.3 is 15.9 Å². The zero-order chi connectivity index (χ0) is 8.20. The summed E-state index contributed by atoms with van der Waals surface area (Å²) in [6.07, 6.45) is 1.43. The SMILES string of the molecule is C=CC[C@@](N)(CO)C(=O)O. The molecule has 0 saturated heterocycles. The van der Waals surface area contributed by atoms with Gasteiger partial charge in [-0.2, -0.15) is 0 Å². The van der Waals surface area contributed by atoms with Gasteiger partial charge >= 0.3 is 5.97 Å². The molecule has 4 nitrogen and oxygen atoms in total. The van der Waals surface area contributed by atoms with Crippen molar-refractivity contribution in [2.45, 2.75) is 12.0 Å². The van der Waals surface area contributed by atoms with Crippen LogP contribution in [0.1, 0.15) is 6.42 Å². The summed E-state index contributed by atoms with van der Waals surface area (Å²) in [6.45, 7) is 2.75. The summed E-state index contributed by atoms with van der Waals surface area (Å²) in [6, 6.07) is 0. The van der Waals surface area contributed by atoms with E-state index in [-0.39, 0.29) is 6.42 Å². The van der Waals surface area contributed by atoms with Crippen LogP contribution in [-0.2, 0) is 4.79 Å². The Morgan fingerprint density at radius 1 is 1.80 bits per heavy atom. The second kappa shape index (κ2) is 3.34. The molecular formula is C6H11NO3. The molecule has 0 aliphatic rings. The van der Waals surface area contributed by atoms with Crippen molar-refractivity contribution in [2.24, 2.45) is 5.73 Å². The number of rotatable bonds is 4. The van der Waals surface area contributed by atoms with Crippen molar-refractivity contribution in [3.63, 3.8) is 0 Å². The molecule has 0 radical (unpaired) electrons. The molecule has 0 unspecified atom stereocenters. The number of hydrogen-bond acceptors (Lipinski definition) is 3. The number of carboxylic acid groups (broad SMARTS) is 1. The Morgan fingerprint density at radius 3 is 2.40 bits per heavy atom. The Balaban J connectivity index is 4.21. The number of hydrogen-bond donors (Lipinski definition) is 3. The Hall–Kier alpha value is -0.870. The summed E-state index contributed by atoms with van der Waals surface area (Å²) in [5.41, 5.74) is 3.68. The van der Waals surface area contributed by atoms with Crippen LogP contribution < -0.4 is 5.73 Å². The van der Waals surface area contributed by atoms with Crippen LogP contribution in [0.5, 0.6) is 0 Å². The third kappa shape index (κ3) is 1.82. The van der Waals surface area contributed by atoms with Gasteiger partial charge in [-0.25, -0.2) is 0 Å². The van der Waals surface area contributed by atoms with Crippen molar-refractivity contribution in [1.29, 1.82) is 0 Å². The molecule has 0 aromatic heterocycles. The van der Waals surface area contributed by atoms with E-state index in [1.165, 1.54) is 6.08 Å². The van der Waals surface area contributed by atoms with Gasteiger partial charge in [-0.15, -0.1) is 6.58 Å². The molecular weight excluding hydrogens is 134 g/mol. The van der Waals surface area contributed by atoms with E-state index >= 15 is 0 Å². The maximum atomic E-state index is 10.3. The standard InChI is InChI=1S/C6H11NO3/c1-2-3-6(7,4-8)5(9)10/h2,8H,1,3-4,7H2,(H,9,10)/t6-/m1/s1. The predicted octanol–water partition coefficient (Wildman–Crippen LogP) is -0.663. The van der Waals surface area contributed by atoms with Crippen molar-refractivity contribution in [3.8, 4) is 0 Å². The molecule has 0 saturated carbocycles. The number of aliphatic carboxylic acids is 1. The van der Waals surface area contributed by atoms with Crippen molar-refractivity contribution >= 4 is 5.97 Å². The first-order chi connectivity index (χ1) is 4.56. The van der Waals surface area contributed by atoms with Crippen LogP contribution in [0.15, 0.2) is 12.7 Å². The van der Waals surface area contributed by atoms with Gasteiger partial charge in [0.2, 0.25) is 0 Å². The monoisotopic (exact) mass is 145 g/mol. The first kappa shape index (κ1) is 9.13. The highest BCUT2D eigenvalue weighted by Crippen LogP contribution is 2.05. The van der Waals surface area contributed by atoms with Gasteiger partial charge in [-0.05, 0) is 6.42 Å². The van der Waals surface area contributed by atoms with E-state index in [1.807, 2.05) is 0 Å². The molecule has 0 fully saturated rings. The molecule has 0 spiro atoms. The lowest BCUT2D eigenvalue weighted by Crippen LogP contribution is -2.50. The molecule has 0 aromatic rings. The first-order valence-corrected chi connectivity index (χ1v) is 2.81. The molecule has 0 heterocycles. The molecule has 0 amide bonds. The van der Waals surface area contributed by atoms with Crippen molar-refractivity contribution in [2.75, 3.05) is 6.61 Å². The smallest absolute Gasteiger partial charge is 0.326 e. The fraction of sp³-hybridized carbons (Fsp3) is 0.500. The summed E-state index contributed by atoms with van der Waals surface area (Å²) in [5, 5.41) is 17.0. The van der Waals surface area contributed by atoms with E-state index in [0.29, 0.717) is 0 Å². The average Bonchev–Trinajstić information content (AvgIpc) is 1.88. The van der Waals surface area contributed by atoms with Gasteiger partial charge in [0.15, 0.2) is 0 Å². The predicted molar refractivity (Wildman–Crippen MR) is 36.5 cm³/mol. The number of nitrogens with two attached hydrogens (primary N) is 1. The third-order valence-corrected chi connectivity index (χ3v) is 1.22. The van der Waals surface area contributed by atoms with Crippen LogP contribution in [0.2, 0.25) is 0 Å². The van der Waals surface area contributed by atoms with Crippen molar-refractivity contribution in [1.82, 2.24) is 0 Å². The minimum absolute atomic E-state index is 0.0683. The highest BCUT2D eigenvalue weighted by Gasteiger charge is 2.31. The number of carboxylic acids is 1. The topological polar surface area (TPSA) is 83.5 Å². The second-order valence-electron chi connectivity index (χ2n) is 2.11. The summed E-state index contributed by atoms with van der Waals surface area (Å²) >= 11 is 0. The summed E-state index contributed by atoms with van der Waals surface area (Å²) in [4.78, 5) is 10.3. The summed E-state index contributed by atoms with van der Waals surface area (Å²) in [5.74, 6) is -1.21. The molecule has 4 N–H and O–H groups in total. The molecule has 0 aromatic carbocycles. The number of aliphatic hydroxyl groups excluding tert-OH is 1. The highest BCUT2D eigenvalue weighted by molar-refractivity contribution is 5.78. The van der Waals surface area contributed by atoms with E-state index in [1.54, 1.807) is 0 Å². The Kier molecular flexibility index (Phi) is 3.05. The third-order valence-electron chi connectivity index (χ3n) is 1.22. The van der Waals surface area contributed by atoms with Crippen LogP contribution in [0, 0.1) is 0 Å². The average molecular weight is 145 g/mol. The lowest BCUT2D eigenvalue weighted by Gasteiger charge is -2.19. The minimum atomic E-state index is -1.55. The van der Waals surface area contributed by atoms with Gasteiger partial charge in [0, 0.05) is 0 Å². The molecule has 0 bridgehead atoms. The summed E-state index contributed by atoms with van der Waals surface area (Å²) in [7, 11) is 0. The summed E-state index contributed by atoms with van der Waals surface area (Å²) < 4.78 is 0. The molecule has 0 rings (SSSR count). The quantitative estimate of drug-likeness (QED) is 0.458. The Morgan fingerprint density at radius 2 is 2.30 bits per heavy atom. The van der Waals surface area contributed by atoms with Crippen molar-refractivity contribution in [3.05, 3.63) is 12.7 Å². The van der Waals surface area contributed by atoms with E-state index in [9.17, 15) is 4.79 Å². The van der Waals surface area contributed by atoms with Crippen LogP contribution >= 0.6 is 0 Å². The molecule has 1 atom stereocenters. The van der Waals surface area contributed by atoms with E-state index < -0.39 is 18.1 Å². The van der Waals surface area contributed by atoms with Gasteiger partial charge in [-0.3, -0.25) is 4.79 Å². The zero-order valence-corrected chi connectivity index (χ0v) is 5.58.